The van der Waals surface area contributed by atoms with E-state index in [2.05, 4.69) is 10.1 Å². The first-order valence-electron chi connectivity index (χ1n) is 8.37. The highest BCUT2D eigenvalue weighted by Gasteiger charge is 2.15. The van der Waals surface area contributed by atoms with Crippen LogP contribution in [0.2, 0.25) is 0 Å². The van der Waals surface area contributed by atoms with E-state index >= 15 is 0 Å². The zero-order valence-electron chi connectivity index (χ0n) is 14.5. The summed E-state index contributed by atoms with van der Waals surface area (Å²) in [6.07, 6.45) is 1.92. The molecule has 1 aliphatic heterocycles. The lowest BCUT2D eigenvalue weighted by Gasteiger charge is -2.04. The van der Waals surface area contributed by atoms with Crippen molar-refractivity contribution in [3.63, 3.8) is 0 Å². The Kier molecular flexibility index (Phi) is 3.86. The van der Waals surface area contributed by atoms with Crippen LogP contribution in [-0.2, 0) is 0 Å². The molecule has 0 bridgehead atoms. The second-order valence-electron chi connectivity index (χ2n) is 5.95. The van der Waals surface area contributed by atoms with E-state index in [1.165, 1.54) is 0 Å². The number of ether oxygens (including phenoxy) is 3. The molecule has 0 aliphatic carbocycles. The highest BCUT2D eigenvalue weighted by Crippen LogP contribution is 2.36. The van der Waals surface area contributed by atoms with Crippen LogP contribution in [0.15, 0.2) is 70.7 Å². The predicted molar refractivity (Wildman–Crippen MR) is 102 cm³/mol. The molecule has 2 aromatic carbocycles. The third-order valence-electron chi connectivity index (χ3n) is 4.23. The summed E-state index contributed by atoms with van der Waals surface area (Å²) < 4.78 is 17.9. The minimum atomic E-state index is 0.260. The molecule has 2 aromatic heterocycles. The van der Waals surface area contributed by atoms with E-state index in [1.807, 2.05) is 60.8 Å². The zero-order chi connectivity index (χ0) is 18.2. The molecule has 0 atom stereocenters. The summed E-state index contributed by atoms with van der Waals surface area (Å²) in [6, 6.07) is 17.7. The Balaban J connectivity index is 1.46. The Labute approximate surface area is 159 Å². The van der Waals surface area contributed by atoms with Crippen LogP contribution < -0.4 is 14.2 Å². The Morgan fingerprint density at radius 2 is 1.96 bits per heavy atom. The van der Waals surface area contributed by atoms with Crippen molar-refractivity contribution < 1.29 is 14.2 Å². The fourth-order valence-electron chi connectivity index (χ4n) is 2.90. The third kappa shape index (κ3) is 3.06. The van der Waals surface area contributed by atoms with Crippen molar-refractivity contribution in [3.8, 4) is 28.5 Å². The van der Waals surface area contributed by atoms with Gasteiger partial charge in [0.2, 0.25) is 6.79 Å². The fourth-order valence-corrected chi connectivity index (χ4v) is 3.73. The number of hydrogen-bond donors (Lipinski definition) is 0. The largest absolute Gasteiger partial charge is 0.497 e. The summed E-state index contributed by atoms with van der Waals surface area (Å²) >= 11 is 1.58. The summed E-state index contributed by atoms with van der Waals surface area (Å²) in [7, 11) is 1.66. The fraction of sp³-hybridized carbons (Fsp3) is 0.100. The van der Waals surface area contributed by atoms with Gasteiger partial charge in [0.15, 0.2) is 17.1 Å². The monoisotopic (exact) mass is 377 g/mol. The van der Waals surface area contributed by atoms with Crippen LogP contribution in [0.4, 0.5) is 0 Å². The van der Waals surface area contributed by atoms with Crippen LogP contribution in [0.1, 0.15) is 0 Å². The van der Waals surface area contributed by atoms with Crippen LogP contribution in [0.25, 0.3) is 16.9 Å². The minimum Gasteiger partial charge on any atom is -0.497 e. The van der Waals surface area contributed by atoms with Crippen molar-refractivity contribution >= 4 is 17.4 Å². The average molecular weight is 377 g/mol. The van der Waals surface area contributed by atoms with E-state index in [9.17, 15) is 0 Å². The summed E-state index contributed by atoms with van der Waals surface area (Å²) in [5.41, 5.74) is 2.59. The standard InChI is InChI=1S/C20H15N3O3S/c1-24-14-3-2-4-15(10-14)27-20-8-7-19-21-16(11-23(19)22-20)13-5-6-17-18(9-13)26-12-25-17/h2-11H,12H2,1H3. The Hall–Kier alpha value is -3.19. The molecule has 0 radical (unpaired) electrons. The molecule has 27 heavy (non-hydrogen) atoms. The van der Waals surface area contributed by atoms with E-state index in [0.29, 0.717) is 0 Å². The lowest BCUT2D eigenvalue weighted by atomic mass is 10.1. The Bertz CT molecular complexity index is 1140. The van der Waals surface area contributed by atoms with Gasteiger partial charge in [-0.25, -0.2) is 9.50 Å². The number of methoxy groups -OCH3 is 1. The third-order valence-corrected chi connectivity index (χ3v) is 5.14. The van der Waals surface area contributed by atoms with Crippen LogP contribution >= 0.6 is 11.8 Å². The average Bonchev–Trinajstić information content (AvgIpc) is 3.33. The minimum absolute atomic E-state index is 0.260. The molecule has 0 saturated carbocycles. The molecule has 4 aromatic rings. The number of aromatic nitrogens is 3. The molecular formula is C20H15N3O3S. The van der Waals surface area contributed by atoms with Gasteiger partial charge in [0, 0.05) is 10.5 Å². The van der Waals surface area contributed by atoms with Gasteiger partial charge >= 0.3 is 0 Å². The maximum atomic E-state index is 5.45. The maximum absolute atomic E-state index is 5.45. The smallest absolute Gasteiger partial charge is 0.231 e. The molecule has 0 spiro atoms. The van der Waals surface area contributed by atoms with Gasteiger partial charge in [0.05, 0.1) is 19.0 Å². The SMILES string of the molecule is COc1cccc(Sc2ccc3nc(-c4ccc5c(c4)OCO5)cn3n2)c1. The Morgan fingerprint density at radius 3 is 2.89 bits per heavy atom. The van der Waals surface area contributed by atoms with Crippen LogP contribution in [0.3, 0.4) is 0 Å². The second-order valence-corrected chi connectivity index (χ2v) is 7.04. The van der Waals surface area contributed by atoms with Crippen molar-refractivity contribution in [1.29, 1.82) is 0 Å². The molecule has 0 N–H and O–H groups in total. The number of hydrogen-bond acceptors (Lipinski definition) is 6. The number of nitrogens with zero attached hydrogens (tertiary/aromatic N) is 3. The lowest BCUT2D eigenvalue weighted by molar-refractivity contribution is 0.174. The first kappa shape index (κ1) is 16.0. The first-order valence-corrected chi connectivity index (χ1v) is 9.18. The molecule has 5 rings (SSSR count). The molecule has 0 fully saturated rings. The quantitative estimate of drug-likeness (QED) is 0.529. The van der Waals surface area contributed by atoms with Crippen molar-refractivity contribution in [1.82, 2.24) is 14.6 Å². The summed E-state index contributed by atoms with van der Waals surface area (Å²) in [5.74, 6) is 2.33. The van der Waals surface area contributed by atoms with E-state index in [1.54, 1.807) is 23.4 Å². The van der Waals surface area contributed by atoms with E-state index in [4.69, 9.17) is 14.2 Å². The van der Waals surface area contributed by atoms with Gasteiger partial charge in [0.1, 0.15) is 10.8 Å². The Morgan fingerprint density at radius 1 is 1.04 bits per heavy atom. The topological polar surface area (TPSA) is 57.9 Å². The van der Waals surface area contributed by atoms with Gasteiger partial charge < -0.3 is 14.2 Å². The summed E-state index contributed by atoms with van der Waals surface area (Å²) in [6.45, 7) is 0.260. The van der Waals surface area contributed by atoms with Crippen LogP contribution in [0, 0.1) is 0 Å². The summed E-state index contributed by atoms with van der Waals surface area (Å²) in [5, 5.41) is 5.55. The number of rotatable bonds is 4. The molecule has 7 heteroatoms. The molecule has 134 valence electrons. The lowest BCUT2D eigenvalue weighted by Crippen LogP contribution is -1.92. The molecular weight excluding hydrogens is 362 g/mol. The highest BCUT2D eigenvalue weighted by atomic mass is 32.2. The van der Waals surface area contributed by atoms with Crippen molar-refractivity contribution in [2.45, 2.75) is 9.92 Å². The maximum Gasteiger partial charge on any atom is 0.231 e. The molecule has 6 nitrogen and oxygen atoms in total. The van der Waals surface area contributed by atoms with Gasteiger partial charge in [-0.15, -0.1) is 0 Å². The number of imidazole rings is 1. The second kappa shape index (κ2) is 6.51. The van der Waals surface area contributed by atoms with Gasteiger partial charge in [-0.2, -0.15) is 5.10 Å². The van der Waals surface area contributed by atoms with Gasteiger partial charge in [0.25, 0.3) is 0 Å². The molecule has 3 heterocycles. The van der Waals surface area contributed by atoms with Crippen LogP contribution in [-0.4, -0.2) is 28.5 Å². The number of fused-ring (bicyclic) bond motifs is 2. The van der Waals surface area contributed by atoms with Crippen molar-refractivity contribution in [3.05, 3.63) is 60.8 Å². The predicted octanol–water partition coefficient (Wildman–Crippen LogP) is 4.28. The zero-order valence-corrected chi connectivity index (χ0v) is 15.3. The molecule has 0 amide bonds. The van der Waals surface area contributed by atoms with E-state index in [0.717, 1.165) is 44.1 Å². The van der Waals surface area contributed by atoms with Crippen molar-refractivity contribution in [2.75, 3.05) is 13.9 Å². The molecule has 0 unspecified atom stereocenters. The number of benzene rings is 2. The van der Waals surface area contributed by atoms with Gasteiger partial charge in [-0.3, -0.25) is 0 Å². The summed E-state index contributed by atoms with van der Waals surface area (Å²) in [4.78, 5) is 5.73. The molecule has 0 saturated heterocycles. The highest BCUT2D eigenvalue weighted by molar-refractivity contribution is 7.99. The molecule has 1 aliphatic rings. The van der Waals surface area contributed by atoms with Crippen LogP contribution in [0.5, 0.6) is 17.2 Å². The van der Waals surface area contributed by atoms with E-state index in [-0.39, 0.29) is 6.79 Å². The normalized spacial score (nSPS) is 12.5. The first-order chi connectivity index (χ1) is 13.3. The van der Waals surface area contributed by atoms with Crippen molar-refractivity contribution in [2.24, 2.45) is 0 Å². The van der Waals surface area contributed by atoms with E-state index < -0.39 is 0 Å². The van der Waals surface area contributed by atoms with Gasteiger partial charge in [-0.1, -0.05) is 17.8 Å². The van der Waals surface area contributed by atoms with Gasteiger partial charge in [-0.05, 0) is 48.5 Å².